The van der Waals surface area contributed by atoms with Crippen molar-refractivity contribution in [2.75, 3.05) is 0 Å². The topological polar surface area (TPSA) is 32.3 Å². The van der Waals surface area contributed by atoms with Gasteiger partial charge in [0.1, 0.15) is 0 Å². The van der Waals surface area contributed by atoms with Crippen molar-refractivity contribution in [1.29, 1.82) is 0 Å². The van der Waals surface area contributed by atoms with Gasteiger partial charge >= 0.3 is 0 Å². The van der Waals surface area contributed by atoms with Crippen LogP contribution in [-0.4, -0.2) is 17.3 Å². The molecule has 0 saturated carbocycles. The summed E-state index contributed by atoms with van der Waals surface area (Å²) in [4.78, 5) is 2.76. The van der Waals surface area contributed by atoms with E-state index in [9.17, 15) is 5.11 Å². The van der Waals surface area contributed by atoms with E-state index in [2.05, 4.69) is 47.3 Å². The molecule has 0 aromatic carbocycles. The lowest BCUT2D eigenvalue weighted by molar-refractivity contribution is 0.168. The van der Waals surface area contributed by atoms with Crippen LogP contribution in [0.1, 0.15) is 36.1 Å². The fourth-order valence-corrected chi connectivity index (χ4v) is 3.82. The van der Waals surface area contributed by atoms with E-state index in [1.54, 1.807) is 22.7 Å². The van der Waals surface area contributed by atoms with Gasteiger partial charge in [0.15, 0.2) is 0 Å². The number of thiophene rings is 2. The SMILES string of the molecule is CC(O)CC(C)NC(Cc1cccs1)c1cccs1. The molecule has 2 rings (SSSR count). The second-order valence-corrected chi connectivity index (χ2v) is 7.02. The molecule has 0 aliphatic rings. The van der Waals surface area contributed by atoms with Crippen molar-refractivity contribution in [3.05, 3.63) is 44.8 Å². The van der Waals surface area contributed by atoms with Gasteiger partial charge in [-0.15, -0.1) is 22.7 Å². The van der Waals surface area contributed by atoms with Crippen molar-refractivity contribution in [2.45, 2.75) is 44.9 Å². The summed E-state index contributed by atoms with van der Waals surface area (Å²) in [5.74, 6) is 0. The lowest BCUT2D eigenvalue weighted by Crippen LogP contribution is -2.33. The van der Waals surface area contributed by atoms with E-state index in [0.717, 1.165) is 12.8 Å². The summed E-state index contributed by atoms with van der Waals surface area (Å²) in [5.41, 5.74) is 0. The van der Waals surface area contributed by atoms with Crippen LogP contribution < -0.4 is 5.32 Å². The molecule has 2 aromatic rings. The number of rotatable bonds is 7. The molecule has 0 radical (unpaired) electrons. The highest BCUT2D eigenvalue weighted by atomic mass is 32.1. The Morgan fingerprint density at radius 3 is 2.47 bits per heavy atom. The monoisotopic (exact) mass is 295 g/mol. The fourth-order valence-electron chi connectivity index (χ4n) is 2.28. The van der Waals surface area contributed by atoms with Gasteiger partial charge < -0.3 is 10.4 Å². The number of nitrogens with one attached hydrogen (secondary N) is 1. The minimum absolute atomic E-state index is 0.256. The van der Waals surface area contributed by atoms with Gasteiger partial charge in [0.25, 0.3) is 0 Å². The van der Waals surface area contributed by atoms with Gasteiger partial charge in [0.05, 0.1) is 6.10 Å². The molecule has 0 spiro atoms. The number of aliphatic hydroxyl groups is 1. The van der Waals surface area contributed by atoms with Crippen LogP contribution in [0.15, 0.2) is 35.0 Å². The van der Waals surface area contributed by atoms with E-state index in [4.69, 9.17) is 0 Å². The third kappa shape index (κ3) is 4.73. The van der Waals surface area contributed by atoms with Crippen LogP contribution in [0, 0.1) is 0 Å². The van der Waals surface area contributed by atoms with Crippen molar-refractivity contribution in [3.63, 3.8) is 0 Å². The summed E-state index contributed by atoms with van der Waals surface area (Å²) in [7, 11) is 0. The molecule has 2 heterocycles. The molecule has 0 bridgehead atoms. The van der Waals surface area contributed by atoms with Crippen LogP contribution in [0.3, 0.4) is 0 Å². The predicted octanol–water partition coefficient (Wildman–Crippen LogP) is 3.84. The van der Waals surface area contributed by atoms with Gasteiger partial charge in [-0.25, -0.2) is 0 Å². The van der Waals surface area contributed by atoms with Gasteiger partial charge in [-0.2, -0.15) is 0 Å². The molecule has 19 heavy (non-hydrogen) atoms. The fraction of sp³-hybridized carbons (Fsp3) is 0.467. The molecular formula is C15H21NOS2. The van der Waals surface area contributed by atoms with Gasteiger partial charge in [-0.1, -0.05) is 12.1 Å². The van der Waals surface area contributed by atoms with Crippen molar-refractivity contribution >= 4 is 22.7 Å². The molecular weight excluding hydrogens is 274 g/mol. The van der Waals surface area contributed by atoms with Crippen molar-refractivity contribution < 1.29 is 5.11 Å². The zero-order chi connectivity index (χ0) is 13.7. The Hall–Kier alpha value is -0.680. The standard InChI is InChI=1S/C15H21NOS2/c1-11(9-12(2)17)16-14(15-6-4-8-19-15)10-13-5-3-7-18-13/h3-8,11-12,14,16-17H,9-10H2,1-2H3. The molecule has 0 aliphatic carbocycles. The van der Waals surface area contributed by atoms with Crippen LogP contribution in [-0.2, 0) is 6.42 Å². The van der Waals surface area contributed by atoms with Crippen LogP contribution >= 0.6 is 22.7 Å². The molecule has 2 nitrogen and oxygen atoms in total. The largest absolute Gasteiger partial charge is 0.393 e. The summed E-state index contributed by atoms with van der Waals surface area (Å²) in [6.07, 6.45) is 1.54. The smallest absolute Gasteiger partial charge is 0.0526 e. The molecule has 2 aromatic heterocycles. The number of hydrogen-bond acceptors (Lipinski definition) is 4. The average Bonchev–Trinajstić information content (AvgIpc) is 2.99. The molecule has 0 aliphatic heterocycles. The van der Waals surface area contributed by atoms with Crippen molar-refractivity contribution in [2.24, 2.45) is 0 Å². The Balaban J connectivity index is 2.02. The number of aliphatic hydroxyl groups excluding tert-OH is 1. The number of hydrogen-bond donors (Lipinski definition) is 2. The van der Waals surface area contributed by atoms with Crippen LogP contribution in [0.4, 0.5) is 0 Å². The van der Waals surface area contributed by atoms with Gasteiger partial charge in [0.2, 0.25) is 0 Å². The molecule has 0 fully saturated rings. The van der Waals surface area contributed by atoms with Crippen LogP contribution in [0.5, 0.6) is 0 Å². The molecule has 3 atom stereocenters. The molecule has 0 amide bonds. The average molecular weight is 295 g/mol. The first-order valence-electron chi connectivity index (χ1n) is 6.65. The molecule has 0 saturated heterocycles. The van der Waals surface area contributed by atoms with Crippen molar-refractivity contribution in [3.8, 4) is 0 Å². The molecule has 3 unspecified atom stereocenters. The highest BCUT2D eigenvalue weighted by molar-refractivity contribution is 7.10. The third-order valence-electron chi connectivity index (χ3n) is 3.05. The predicted molar refractivity (Wildman–Crippen MR) is 84.0 cm³/mol. The van der Waals surface area contributed by atoms with Gasteiger partial charge in [0, 0.05) is 28.3 Å². The van der Waals surface area contributed by atoms with E-state index >= 15 is 0 Å². The lowest BCUT2D eigenvalue weighted by atomic mass is 10.1. The Morgan fingerprint density at radius 1 is 1.16 bits per heavy atom. The molecule has 4 heteroatoms. The maximum absolute atomic E-state index is 9.49. The Labute approximate surface area is 123 Å². The Kier molecular flexibility index (Phi) is 5.58. The van der Waals surface area contributed by atoms with E-state index in [-0.39, 0.29) is 6.10 Å². The summed E-state index contributed by atoms with van der Waals surface area (Å²) < 4.78 is 0. The van der Waals surface area contributed by atoms with E-state index < -0.39 is 0 Å². The minimum Gasteiger partial charge on any atom is -0.393 e. The van der Waals surface area contributed by atoms with Crippen LogP contribution in [0.25, 0.3) is 0 Å². The quantitative estimate of drug-likeness (QED) is 0.813. The Morgan fingerprint density at radius 2 is 1.89 bits per heavy atom. The second kappa shape index (κ2) is 7.20. The summed E-state index contributed by atoms with van der Waals surface area (Å²) in [6, 6.07) is 9.23. The maximum atomic E-state index is 9.49. The first kappa shape index (κ1) is 14.7. The first-order chi connectivity index (χ1) is 9.15. The zero-order valence-electron chi connectivity index (χ0n) is 11.4. The van der Waals surface area contributed by atoms with Crippen molar-refractivity contribution in [1.82, 2.24) is 5.32 Å². The zero-order valence-corrected chi connectivity index (χ0v) is 13.0. The third-order valence-corrected chi connectivity index (χ3v) is 4.94. The van der Waals surface area contributed by atoms with E-state index in [1.165, 1.54) is 9.75 Å². The lowest BCUT2D eigenvalue weighted by Gasteiger charge is -2.23. The summed E-state index contributed by atoms with van der Waals surface area (Å²) in [6.45, 7) is 3.99. The molecule has 2 N–H and O–H groups in total. The highest BCUT2D eigenvalue weighted by Crippen LogP contribution is 2.25. The van der Waals surface area contributed by atoms with E-state index in [1.807, 2.05) is 6.92 Å². The minimum atomic E-state index is -0.256. The highest BCUT2D eigenvalue weighted by Gasteiger charge is 2.17. The Bertz CT molecular complexity index is 450. The van der Waals surface area contributed by atoms with E-state index in [0.29, 0.717) is 12.1 Å². The first-order valence-corrected chi connectivity index (χ1v) is 8.41. The van der Waals surface area contributed by atoms with Gasteiger partial charge in [-0.05, 0) is 43.2 Å². The summed E-state index contributed by atoms with van der Waals surface area (Å²) >= 11 is 3.60. The normalized spacial score (nSPS) is 16.2. The van der Waals surface area contributed by atoms with Gasteiger partial charge in [-0.3, -0.25) is 0 Å². The molecule has 104 valence electrons. The summed E-state index contributed by atoms with van der Waals surface area (Å²) in [5, 5.41) is 17.4. The van der Waals surface area contributed by atoms with Crippen LogP contribution in [0.2, 0.25) is 0 Å². The maximum Gasteiger partial charge on any atom is 0.0526 e. The second-order valence-electron chi connectivity index (χ2n) is 5.00.